The lowest BCUT2D eigenvalue weighted by Crippen LogP contribution is -2.67. The fourth-order valence-corrected chi connectivity index (χ4v) is 11.9. The van der Waals surface area contributed by atoms with Gasteiger partial charge in [0.2, 0.25) is 0 Å². The van der Waals surface area contributed by atoms with E-state index in [0.29, 0.717) is 25.2 Å². The number of ketones is 1. The monoisotopic (exact) mass is 560 g/mol. The number of Topliss-reactive ketones (excluding diaryl/α,β-unsaturated/α-hetero) is 1. The maximum absolute atomic E-state index is 13.9. The lowest BCUT2D eigenvalue weighted by molar-refractivity contribution is -0.143. The van der Waals surface area contributed by atoms with E-state index in [4.69, 9.17) is 9.16 Å². The van der Waals surface area contributed by atoms with E-state index < -0.39 is 8.32 Å². The van der Waals surface area contributed by atoms with Crippen LogP contribution in [0.5, 0.6) is 0 Å². The fourth-order valence-electron chi connectivity index (χ4n) is 7.22. The molecule has 0 saturated heterocycles. The summed E-state index contributed by atoms with van der Waals surface area (Å²) >= 11 is 0. The molecule has 2 saturated carbocycles. The molecule has 0 spiro atoms. The molecule has 2 aliphatic rings. The number of hydrogen-bond donors (Lipinski definition) is 0. The van der Waals surface area contributed by atoms with Gasteiger partial charge in [0.05, 0.1) is 12.7 Å². The molecule has 0 aliphatic heterocycles. The predicted octanol–water partition coefficient (Wildman–Crippen LogP) is 7.01. The molecule has 0 amide bonds. The Morgan fingerprint density at radius 2 is 1.60 bits per heavy atom. The van der Waals surface area contributed by atoms with Crippen LogP contribution in [-0.2, 0) is 18.8 Å². The Bertz CT molecular complexity index is 1110. The number of rotatable bonds is 14. The highest BCUT2D eigenvalue weighted by Crippen LogP contribution is 2.70. The van der Waals surface area contributed by atoms with Crippen LogP contribution < -0.4 is 10.4 Å². The summed E-state index contributed by atoms with van der Waals surface area (Å²) in [7, 11) is -2.77. The van der Waals surface area contributed by atoms with Gasteiger partial charge in [-0.2, -0.15) is 0 Å². The summed E-state index contributed by atoms with van der Waals surface area (Å²) in [5.41, 5.74) is -0.354. The van der Waals surface area contributed by atoms with Gasteiger partial charge in [-0.05, 0) is 47.5 Å². The topological polar surface area (TPSA) is 52.6 Å². The molecule has 4 rings (SSSR count). The number of hydrogen-bond acceptors (Lipinski definition) is 4. The molecule has 2 aromatic carbocycles. The molecular weight excluding hydrogens is 512 g/mol. The molecule has 4 nitrogen and oxygen atoms in total. The van der Waals surface area contributed by atoms with Crippen LogP contribution in [0.1, 0.15) is 86.0 Å². The van der Waals surface area contributed by atoms with Crippen LogP contribution in [-0.4, -0.2) is 32.8 Å². The first-order chi connectivity index (χ1) is 19.2. The Kier molecular flexibility index (Phi) is 9.89. The van der Waals surface area contributed by atoms with E-state index in [2.05, 4.69) is 101 Å². The Morgan fingerprint density at radius 1 is 0.975 bits per heavy atom. The van der Waals surface area contributed by atoms with E-state index in [0.717, 1.165) is 38.5 Å². The van der Waals surface area contributed by atoms with Crippen LogP contribution in [0.25, 0.3) is 0 Å². The normalized spacial score (nSPS) is 24.3. The molecule has 0 heterocycles. The Labute approximate surface area is 242 Å². The average molecular weight is 561 g/mol. The summed E-state index contributed by atoms with van der Waals surface area (Å²) in [6.07, 6.45) is 11.2. The smallest absolute Gasteiger partial charge is 0.305 e. The average Bonchev–Trinajstić information content (AvgIpc) is 3.50. The molecule has 0 bridgehead atoms. The van der Waals surface area contributed by atoms with E-state index in [1.54, 1.807) is 0 Å². The molecule has 2 aromatic rings. The minimum Gasteiger partial charge on any atom is -0.466 e. The van der Waals surface area contributed by atoms with Crippen LogP contribution in [0.3, 0.4) is 0 Å². The molecule has 40 heavy (non-hydrogen) atoms. The van der Waals surface area contributed by atoms with E-state index in [-0.39, 0.29) is 34.4 Å². The van der Waals surface area contributed by atoms with Gasteiger partial charge >= 0.3 is 5.97 Å². The van der Waals surface area contributed by atoms with Crippen molar-refractivity contribution in [2.24, 2.45) is 17.3 Å². The van der Waals surface area contributed by atoms with Gasteiger partial charge in [0.25, 0.3) is 8.32 Å². The third-order valence-electron chi connectivity index (χ3n) is 9.11. The summed E-state index contributed by atoms with van der Waals surface area (Å²) in [5.74, 6) is 0.620. The molecule has 0 N–H and O–H groups in total. The van der Waals surface area contributed by atoms with Gasteiger partial charge < -0.3 is 9.16 Å². The number of fused-ring (bicyclic) bond motifs is 1. The second kappa shape index (κ2) is 13.0. The number of carbonyl (C=O) groups excluding carboxylic acids is 2. The lowest BCUT2D eigenvalue weighted by atomic mass is 9.91. The first kappa shape index (κ1) is 30.5. The number of ether oxygens (including phenoxy) is 1. The summed E-state index contributed by atoms with van der Waals surface area (Å²) in [6, 6.07) is 21.5. The first-order valence-corrected chi connectivity index (χ1v) is 17.3. The quantitative estimate of drug-likeness (QED) is 0.108. The highest BCUT2D eigenvalue weighted by molar-refractivity contribution is 6.99. The van der Waals surface area contributed by atoms with Crippen molar-refractivity contribution in [2.75, 3.05) is 6.61 Å². The van der Waals surface area contributed by atoms with Gasteiger partial charge in [-0.1, -0.05) is 120 Å². The minimum atomic E-state index is -2.77. The Morgan fingerprint density at radius 3 is 2.15 bits per heavy atom. The van der Waals surface area contributed by atoms with E-state index in [1.807, 2.05) is 6.92 Å². The van der Waals surface area contributed by atoms with Crippen molar-refractivity contribution >= 4 is 30.4 Å². The fraction of sp³-hybridized carbons (Fsp3) is 0.543. The zero-order valence-electron chi connectivity index (χ0n) is 25.2. The van der Waals surface area contributed by atoms with Gasteiger partial charge in [0.1, 0.15) is 5.78 Å². The molecule has 4 atom stereocenters. The zero-order valence-corrected chi connectivity index (χ0v) is 26.2. The van der Waals surface area contributed by atoms with Crippen molar-refractivity contribution in [3.05, 3.63) is 72.8 Å². The van der Waals surface area contributed by atoms with Crippen LogP contribution in [0.15, 0.2) is 72.8 Å². The molecule has 2 fully saturated rings. The van der Waals surface area contributed by atoms with Crippen LogP contribution >= 0.6 is 0 Å². The molecule has 2 aliphatic carbocycles. The minimum absolute atomic E-state index is 0.107. The van der Waals surface area contributed by atoms with E-state index in [9.17, 15) is 9.59 Å². The Balaban J connectivity index is 1.66. The molecule has 5 heteroatoms. The number of unbranched alkanes of at least 4 members (excludes halogenated alkanes) is 3. The maximum atomic E-state index is 13.9. The van der Waals surface area contributed by atoms with Crippen molar-refractivity contribution in [2.45, 2.75) is 97.1 Å². The van der Waals surface area contributed by atoms with Crippen LogP contribution in [0.2, 0.25) is 5.04 Å². The van der Waals surface area contributed by atoms with Gasteiger partial charge in [0.15, 0.2) is 0 Å². The zero-order chi connectivity index (χ0) is 28.8. The van der Waals surface area contributed by atoms with Crippen molar-refractivity contribution in [3.63, 3.8) is 0 Å². The summed E-state index contributed by atoms with van der Waals surface area (Å²) in [4.78, 5) is 25.8. The summed E-state index contributed by atoms with van der Waals surface area (Å²) in [5, 5.41) is 2.37. The van der Waals surface area contributed by atoms with Crippen LogP contribution in [0.4, 0.5) is 0 Å². The second-order valence-corrected chi connectivity index (χ2v) is 16.9. The largest absolute Gasteiger partial charge is 0.466 e. The van der Waals surface area contributed by atoms with Gasteiger partial charge in [0, 0.05) is 24.2 Å². The van der Waals surface area contributed by atoms with Gasteiger partial charge in [-0.3, -0.25) is 9.59 Å². The number of benzene rings is 2. The van der Waals surface area contributed by atoms with Crippen molar-refractivity contribution < 1.29 is 18.8 Å². The van der Waals surface area contributed by atoms with E-state index in [1.165, 1.54) is 10.4 Å². The number of allylic oxidation sites excluding steroid dienone is 2. The van der Waals surface area contributed by atoms with Crippen molar-refractivity contribution in [1.82, 2.24) is 0 Å². The van der Waals surface area contributed by atoms with Gasteiger partial charge in [-0.25, -0.2) is 0 Å². The molecule has 0 unspecified atom stereocenters. The van der Waals surface area contributed by atoms with Gasteiger partial charge in [-0.15, -0.1) is 0 Å². The summed E-state index contributed by atoms with van der Waals surface area (Å²) < 4.78 is 12.7. The summed E-state index contributed by atoms with van der Waals surface area (Å²) in [6.45, 7) is 11.4. The predicted molar refractivity (Wildman–Crippen MR) is 165 cm³/mol. The molecule has 0 aromatic heterocycles. The van der Waals surface area contributed by atoms with Crippen molar-refractivity contribution in [3.8, 4) is 0 Å². The van der Waals surface area contributed by atoms with Crippen LogP contribution in [0, 0.1) is 17.3 Å². The first-order valence-electron chi connectivity index (χ1n) is 15.4. The third kappa shape index (κ3) is 5.92. The highest BCUT2D eigenvalue weighted by atomic mass is 28.4. The molecular formula is C35H48O4Si. The number of carbonyl (C=O) groups is 2. The standard InChI is InChI=1S/C35H48O4Si/c1-6-8-9-16-23-29-33-30(26-31(36)35(29,33)25-18-17-24-32(37)38-7-2)39-40(34(3,4)5,27-19-12-10-13-20-27)28-21-14-11-15-22-28/h10-16,19-23,29-30,33H,6-9,17-18,24-26H2,1-5H3/b23-16+/t29-,30-,33+,35-/m1/s1. The lowest BCUT2D eigenvalue weighted by Gasteiger charge is -2.45. The second-order valence-electron chi connectivity index (χ2n) is 12.6. The highest BCUT2D eigenvalue weighted by Gasteiger charge is 2.74. The van der Waals surface area contributed by atoms with Crippen molar-refractivity contribution in [1.29, 1.82) is 0 Å². The number of esters is 1. The molecule has 216 valence electrons. The molecule has 0 radical (unpaired) electrons. The third-order valence-corrected chi connectivity index (χ3v) is 14.2. The Hall–Kier alpha value is -2.50. The van der Waals surface area contributed by atoms with E-state index >= 15 is 0 Å². The SMILES string of the molecule is CCCC/C=C/[C@@H]1[C@H]2[C@H](O[Si](c3ccccc3)(c3ccccc3)C(C)(C)C)CC(=O)[C@]21CCCCC(=O)OCC. The maximum Gasteiger partial charge on any atom is 0.305 e.